The van der Waals surface area contributed by atoms with E-state index in [0.717, 1.165) is 59.8 Å². The van der Waals surface area contributed by atoms with E-state index in [9.17, 15) is 9.59 Å². The SMILES string of the molecule is Cc1cc(C)c2c(c1)NC(=O)C2CC(=O)NCc1nnc2n1CCCCC2. The van der Waals surface area contributed by atoms with Crippen molar-refractivity contribution in [2.24, 2.45) is 0 Å². The highest BCUT2D eigenvalue weighted by atomic mass is 16.2. The number of benzene rings is 1. The summed E-state index contributed by atoms with van der Waals surface area (Å²) < 4.78 is 2.12. The summed E-state index contributed by atoms with van der Waals surface area (Å²) in [7, 11) is 0. The van der Waals surface area contributed by atoms with Gasteiger partial charge in [0.15, 0.2) is 5.82 Å². The zero-order valence-electron chi connectivity index (χ0n) is 15.8. The average molecular weight is 367 g/mol. The molecule has 2 aliphatic rings. The predicted molar refractivity (Wildman–Crippen MR) is 101 cm³/mol. The first-order chi connectivity index (χ1) is 13.0. The molecule has 1 aromatic carbocycles. The highest BCUT2D eigenvalue weighted by molar-refractivity contribution is 6.05. The lowest BCUT2D eigenvalue weighted by atomic mass is 9.92. The Morgan fingerprint density at radius 1 is 1.26 bits per heavy atom. The number of aromatic nitrogens is 3. The minimum Gasteiger partial charge on any atom is -0.349 e. The van der Waals surface area contributed by atoms with Crippen LogP contribution in [-0.2, 0) is 29.1 Å². The van der Waals surface area contributed by atoms with Crippen LogP contribution in [0.4, 0.5) is 5.69 Å². The molecule has 0 aliphatic carbocycles. The fourth-order valence-electron chi connectivity index (χ4n) is 4.20. The summed E-state index contributed by atoms with van der Waals surface area (Å²) in [6.45, 7) is 5.24. The highest BCUT2D eigenvalue weighted by Gasteiger charge is 2.33. The van der Waals surface area contributed by atoms with Crippen LogP contribution in [0.2, 0.25) is 0 Å². The molecule has 7 nitrogen and oxygen atoms in total. The van der Waals surface area contributed by atoms with Crippen molar-refractivity contribution in [2.45, 2.75) is 65.0 Å². The third kappa shape index (κ3) is 3.46. The van der Waals surface area contributed by atoms with Crippen LogP contribution in [0.5, 0.6) is 0 Å². The third-order valence-corrected chi connectivity index (χ3v) is 5.47. The van der Waals surface area contributed by atoms with Crippen molar-refractivity contribution in [1.82, 2.24) is 20.1 Å². The van der Waals surface area contributed by atoms with Gasteiger partial charge in [0.25, 0.3) is 0 Å². The van der Waals surface area contributed by atoms with Crippen LogP contribution in [0.25, 0.3) is 0 Å². The van der Waals surface area contributed by atoms with Gasteiger partial charge < -0.3 is 15.2 Å². The van der Waals surface area contributed by atoms with E-state index in [1.165, 1.54) is 6.42 Å². The van der Waals surface area contributed by atoms with Gasteiger partial charge in [-0.25, -0.2) is 0 Å². The lowest BCUT2D eigenvalue weighted by Gasteiger charge is -2.12. The van der Waals surface area contributed by atoms with Crippen molar-refractivity contribution in [2.75, 3.05) is 5.32 Å². The summed E-state index contributed by atoms with van der Waals surface area (Å²) in [4.78, 5) is 24.9. The van der Waals surface area contributed by atoms with E-state index >= 15 is 0 Å². The van der Waals surface area contributed by atoms with Crippen molar-refractivity contribution in [3.05, 3.63) is 40.5 Å². The molecule has 7 heteroatoms. The Balaban J connectivity index is 1.43. The van der Waals surface area contributed by atoms with Gasteiger partial charge in [-0.3, -0.25) is 9.59 Å². The first kappa shape index (κ1) is 17.7. The molecule has 1 aromatic heterocycles. The Kier molecular flexibility index (Phi) is 4.68. The molecule has 0 radical (unpaired) electrons. The van der Waals surface area contributed by atoms with Crippen LogP contribution in [0, 0.1) is 13.8 Å². The molecule has 27 heavy (non-hydrogen) atoms. The van der Waals surface area contributed by atoms with Crippen LogP contribution in [0.3, 0.4) is 0 Å². The molecule has 0 spiro atoms. The van der Waals surface area contributed by atoms with E-state index in [2.05, 4.69) is 31.5 Å². The molecule has 0 fully saturated rings. The molecule has 142 valence electrons. The molecule has 2 aromatic rings. The molecule has 3 heterocycles. The van der Waals surface area contributed by atoms with Crippen molar-refractivity contribution < 1.29 is 9.59 Å². The third-order valence-electron chi connectivity index (χ3n) is 5.47. The maximum absolute atomic E-state index is 12.5. The van der Waals surface area contributed by atoms with Crippen LogP contribution in [0.15, 0.2) is 12.1 Å². The molecular formula is C20H25N5O2. The minimum atomic E-state index is -0.434. The summed E-state index contributed by atoms with van der Waals surface area (Å²) in [6, 6.07) is 4.01. The predicted octanol–water partition coefficient (Wildman–Crippen LogP) is 2.36. The highest BCUT2D eigenvalue weighted by Crippen LogP contribution is 2.37. The maximum atomic E-state index is 12.5. The maximum Gasteiger partial charge on any atom is 0.232 e. The van der Waals surface area contributed by atoms with E-state index in [1.807, 2.05) is 19.9 Å². The van der Waals surface area contributed by atoms with E-state index in [4.69, 9.17) is 0 Å². The van der Waals surface area contributed by atoms with Gasteiger partial charge in [0, 0.05) is 25.1 Å². The number of nitrogens with one attached hydrogen (secondary N) is 2. The second kappa shape index (κ2) is 7.13. The van der Waals surface area contributed by atoms with Gasteiger partial charge in [0.2, 0.25) is 11.8 Å². The number of carbonyl (C=O) groups is 2. The summed E-state index contributed by atoms with van der Waals surface area (Å²) in [5.41, 5.74) is 3.92. The van der Waals surface area contributed by atoms with E-state index in [0.29, 0.717) is 6.54 Å². The van der Waals surface area contributed by atoms with Gasteiger partial charge in [-0.05, 0) is 49.4 Å². The zero-order chi connectivity index (χ0) is 19.0. The normalized spacial score (nSPS) is 18.4. The van der Waals surface area contributed by atoms with Gasteiger partial charge in [0.1, 0.15) is 5.82 Å². The topological polar surface area (TPSA) is 88.9 Å². The fourth-order valence-corrected chi connectivity index (χ4v) is 4.20. The summed E-state index contributed by atoms with van der Waals surface area (Å²) in [5, 5.41) is 14.3. The van der Waals surface area contributed by atoms with Crippen molar-refractivity contribution in [3.63, 3.8) is 0 Å². The standard InChI is InChI=1S/C20H25N5O2/c1-12-8-13(2)19-14(20(27)22-15(19)9-12)10-18(26)21-11-17-24-23-16-6-4-3-5-7-25(16)17/h8-9,14H,3-7,10-11H2,1-2H3,(H,21,26)(H,22,27). The van der Waals surface area contributed by atoms with E-state index < -0.39 is 5.92 Å². The number of aryl methyl sites for hydroxylation is 3. The lowest BCUT2D eigenvalue weighted by Crippen LogP contribution is -2.28. The number of hydrogen-bond acceptors (Lipinski definition) is 4. The summed E-state index contributed by atoms with van der Waals surface area (Å²) in [6.07, 6.45) is 4.54. The van der Waals surface area contributed by atoms with Gasteiger partial charge in [-0.2, -0.15) is 0 Å². The van der Waals surface area contributed by atoms with E-state index in [1.54, 1.807) is 0 Å². The molecular weight excluding hydrogens is 342 g/mol. The molecule has 0 saturated heterocycles. The van der Waals surface area contributed by atoms with Gasteiger partial charge in [0.05, 0.1) is 12.5 Å². The van der Waals surface area contributed by atoms with Crippen molar-refractivity contribution in [3.8, 4) is 0 Å². The van der Waals surface area contributed by atoms with Gasteiger partial charge in [-0.1, -0.05) is 12.5 Å². The number of carbonyl (C=O) groups excluding carboxylic acids is 2. The van der Waals surface area contributed by atoms with Crippen molar-refractivity contribution >= 4 is 17.5 Å². The molecule has 2 amide bonds. The number of fused-ring (bicyclic) bond motifs is 2. The fraction of sp³-hybridized carbons (Fsp3) is 0.500. The Morgan fingerprint density at radius 3 is 2.96 bits per heavy atom. The Morgan fingerprint density at radius 2 is 2.11 bits per heavy atom. The second-order valence-corrected chi connectivity index (χ2v) is 7.56. The minimum absolute atomic E-state index is 0.106. The first-order valence-corrected chi connectivity index (χ1v) is 9.62. The quantitative estimate of drug-likeness (QED) is 0.868. The van der Waals surface area contributed by atoms with Crippen LogP contribution >= 0.6 is 0 Å². The Hall–Kier alpha value is -2.70. The molecule has 2 N–H and O–H groups in total. The number of hydrogen-bond donors (Lipinski definition) is 2. The van der Waals surface area contributed by atoms with Crippen molar-refractivity contribution in [1.29, 1.82) is 0 Å². The number of nitrogens with zero attached hydrogens (tertiary/aromatic N) is 3. The summed E-state index contributed by atoms with van der Waals surface area (Å²) in [5.74, 6) is 1.12. The lowest BCUT2D eigenvalue weighted by molar-refractivity contribution is -0.125. The van der Waals surface area contributed by atoms with Crippen LogP contribution in [0.1, 0.15) is 59.9 Å². The number of rotatable bonds is 4. The number of anilines is 1. The second-order valence-electron chi connectivity index (χ2n) is 7.56. The first-order valence-electron chi connectivity index (χ1n) is 9.62. The Bertz CT molecular complexity index is 902. The van der Waals surface area contributed by atoms with Crippen LogP contribution < -0.4 is 10.6 Å². The van der Waals surface area contributed by atoms with E-state index in [-0.39, 0.29) is 18.2 Å². The number of amides is 2. The monoisotopic (exact) mass is 367 g/mol. The smallest absolute Gasteiger partial charge is 0.232 e. The van der Waals surface area contributed by atoms with Crippen LogP contribution in [-0.4, -0.2) is 26.6 Å². The molecule has 1 unspecified atom stereocenters. The average Bonchev–Trinajstić information content (AvgIpc) is 3.03. The van der Waals surface area contributed by atoms with Gasteiger partial charge >= 0.3 is 0 Å². The Labute approximate surface area is 158 Å². The molecule has 0 bridgehead atoms. The molecule has 4 rings (SSSR count). The molecule has 0 saturated carbocycles. The largest absolute Gasteiger partial charge is 0.349 e. The molecule has 1 atom stereocenters. The zero-order valence-corrected chi connectivity index (χ0v) is 15.8. The van der Waals surface area contributed by atoms with Gasteiger partial charge in [-0.15, -0.1) is 10.2 Å². The summed E-state index contributed by atoms with van der Waals surface area (Å²) >= 11 is 0. The molecule has 2 aliphatic heterocycles.